The van der Waals surface area contributed by atoms with Gasteiger partial charge in [-0.15, -0.1) is 11.8 Å². The number of thioether (sulfide) groups is 1. The maximum atomic E-state index is 12.7. The zero-order chi connectivity index (χ0) is 13.7. The number of rotatable bonds is 6. The van der Waals surface area contributed by atoms with E-state index < -0.39 is 0 Å². The van der Waals surface area contributed by atoms with Crippen LogP contribution in [0.1, 0.15) is 23.2 Å². The lowest BCUT2D eigenvalue weighted by atomic mass is 10.1. The van der Waals surface area contributed by atoms with Gasteiger partial charge in [-0.25, -0.2) is 4.39 Å². The van der Waals surface area contributed by atoms with E-state index in [4.69, 9.17) is 0 Å². The van der Waals surface area contributed by atoms with Crippen LogP contribution in [0.3, 0.4) is 0 Å². The number of ketones is 1. The molecule has 0 N–H and O–H groups in total. The third-order valence-corrected chi connectivity index (χ3v) is 3.70. The molecule has 1 aromatic heterocycles. The van der Waals surface area contributed by atoms with Crippen molar-refractivity contribution in [2.75, 3.05) is 5.75 Å². The number of aromatic nitrogens is 2. The molecular formula is C14H15FN2OS. The Bertz CT molecular complexity index is 551. The van der Waals surface area contributed by atoms with Crippen LogP contribution in [0.25, 0.3) is 0 Å². The number of carbonyl (C=O) groups excluding carboxylic acids is 1. The van der Waals surface area contributed by atoms with Gasteiger partial charge in [0.25, 0.3) is 0 Å². The zero-order valence-electron chi connectivity index (χ0n) is 10.7. The SMILES string of the molecule is Cn1cc(SCCCC(=O)c2ccc(F)cc2)cn1. The number of hydrogen-bond donors (Lipinski definition) is 0. The second-order valence-corrected chi connectivity index (χ2v) is 5.40. The summed E-state index contributed by atoms with van der Waals surface area (Å²) in [7, 11) is 1.88. The molecule has 0 saturated carbocycles. The monoisotopic (exact) mass is 278 g/mol. The van der Waals surface area contributed by atoms with Gasteiger partial charge in [-0.1, -0.05) is 0 Å². The Morgan fingerprint density at radius 2 is 2.11 bits per heavy atom. The van der Waals surface area contributed by atoms with Crippen LogP contribution in [0, 0.1) is 5.82 Å². The molecular weight excluding hydrogens is 263 g/mol. The van der Waals surface area contributed by atoms with Crippen molar-refractivity contribution in [1.29, 1.82) is 0 Å². The first-order valence-corrected chi connectivity index (χ1v) is 7.04. The van der Waals surface area contributed by atoms with Crippen molar-refractivity contribution in [3.63, 3.8) is 0 Å². The lowest BCUT2D eigenvalue weighted by molar-refractivity contribution is 0.0982. The molecule has 0 aliphatic heterocycles. The normalized spacial score (nSPS) is 10.6. The molecule has 0 fully saturated rings. The fraction of sp³-hybridized carbons (Fsp3) is 0.286. The van der Waals surface area contributed by atoms with Crippen molar-refractivity contribution in [2.45, 2.75) is 17.7 Å². The van der Waals surface area contributed by atoms with Crippen molar-refractivity contribution in [3.8, 4) is 0 Å². The molecule has 0 saturated heterocycles. The maximum Gasteiger partial charge on any atom is 0.162 e. The molecule has 2 aromatic rings. The smallest absolute Gasteiger partial charge is 0.162 e. The first kappa shape index (κ1) is 13.8. The summed E-state index contributed by atoms with van der Waals surface area (Å²) in [4.78, 5) is 12.9. The lowest BCUT2D eigenvalue weighted by Gasteiger charge is -2.01. The molecule has 0 atom stereocenters. The minimum atomic E-state index is -0.316. The van der Waals surface area contributed by atoms with E-state index in [0.717, 1.165) is 17.1 Å². The summed E-state index contributed by atoms with van der Waals surface area (Å²) < 4.78 is 14.5. The highest BCUT2D eigenvalue weighted by molar-refractivity contribution is 7.99. The Balaban J connectivity index is 1.73. The largest absolute Gasteiger partial charge is 0.294 e. The first-order chi connectivity index (χ1) is 9.15. The van der Waals surface area contributed by atoms with Crippen molar-refractivity contribution >= 4 is 17.5 Å². The van der Waals surface area contributed by atoms with Gasteiger partial charge in [-0.3, -0.25) is 9.48 Å². The topological polar surface area (TPSA) is 34.9 Å². The van der Waals surface area contributed by atoms with Crippen LogP contribution in [-0.2, 0) is 7.05 Å². The maximum absolute atomic E-state index is 12.7. The van der Waals surface area contributed by atoms with E-state index in [1.54, 1.807) is 16.4 Å². The summed E-state index contributed by atoms with van der Waals surface area (Å²) in [5.74, 6) is 0.619. The van der Waals surface area contributed by atoms with Gasteiger partial charge in [0, 0.05) is 30.1 Å². The van der Waals surface area contributed by atoms with Crippen LogP contribution in [0.15, 0.2) is 41.6 Å². The summed E-state index contributed by atoms with van der Waals surface area (Å²) >= 11 is 1.69. The van der Waals surface area contributed by atoms with E-state index in [0.29, 0.717) is 12.0 Å². The summed E-state index contributed by atoms with van der Waals surface area (Å²) in [5.41, 5.74) is 0.577. The molecule has 1 aromatic carbocycles. The van der Waals surface area contributed by atoms with Crippen LogP contribution >= 0.6 is 11.8 Å². The van der Waals surface area contributed by atoms with E-state index >= 15 is 0 Å². The molecule has 0 unspecified atom stereocenters. The number of nitrogens with zero attached hydrogens (tertiary/aromatic N) is 2. The quantitative estimate of drug-likeness (QED) is 0.462. The third kappa shape index (κ3) is 4.21. The van der Waals surface area contributed by atoms with Gasteiger partial charge in [0.1, 0.15) is 5.82 Å². The summed E-state index contributed by atoms with van der Waals surface area (Å²) in [6.45, 7) is 0. The van der Waals surface area contributed by atoms with Gasteiger partial charge in [0.2, 0.25) is 0 Å². The van der Waals surface area contributed by atoms with Crippen molar-refractivity contribution < 1.29 is 9.18 Å². The molecule has 5 heteroatoms. The van der Waals surface area contributed by atoms with Crippen LogP contribution in [-0.4, -0.2) is 21.3 Å². The second-order valence-electron chi connectivity index (χ2n) is 4.23. The Kier molecular flexibility index (Phi) is 4.74. The minimum absolute atomic E-state index is 0.0618. The van der Waals surface area contributed by atoms with E-state index in [2.05, 4.69) is 5.10 Å². The molecule has 0 aliphatic carbocycles. The van der Waals surface area contributed by atoms with Crippen LogP contribution in [0.5, 0.6) is 0 Å². The molecule has 0 spiro atoms. The molecule has 100 valence electrons. The standard InChI is InChI=1S/C14H15FN2OS/c1-17-10-13(9-16-17)19-8-2-3-14(18)11-4-6-12(15)7-5-11/h4-7,9-10H,2-3,8H2,1H3. The third-order valence-electron chi connectivity index (χ3n) is 2.66. The van der Waals surface area contributed by atoms with Crippen molar-refractivity contribution in [2.24, 2.45) is 7.05 Å². The van der Waals surface area contributed by atoms with Crippen LogP contribution < -0.4 is 0 Å². The van der Waals surface area contributed by atoms with Gasteiger partial charge < -0.3 is 0 Å². The first-order valence-electron chi connectivity index (χ1n) is 6.05. The number of hydrogen-bond acceptors (Lipinski definition) is 3. The minimum Gasteiger partial charge on any atom is -0.294 e. The average molecular weight is 278 g/mol. The van der Waals surface area contributed by atoms with Gasteiger partial charge >= 0.3 is 0 Å². The number of benzene rings is 1. The van der Waals surface area contributed by atoms with Crippen LogP contribution in [0.4, 0.5) is 4.39 Å². The number of halogens is 1. The lowest BCUT2D eigenvalue weighted by Crippen LogP contribution is -1.99. The molecule has 3 nitrogen and oxygen atoms in total. The summed E-state index contributed by atoms with van der Waals surface area (Å²) in [5, 5.41) is 4.08. The Labute approximate surface area is 115 Å². The number of Topliss-reactive ketones (excluding diaryl/α,β-unsaturated/α-hetero) is 1. The van der Waals surface area contributed by atoms with E-state index in [1.165, 1.54) is 24.3 Å². The second kappa shape index (κ2) is 6.52. The number of carbonyl (C=O) groups is 1. The molecule has 0 aliphatic rings. The van der Waals surface area contributed by atoms with E-state index in [1.807, 2.05) is 19.4 Å². The van der Waals surface area contributed by atoms with Crippen LogP contribution in [0.2, 0.25) is 0 Å². The highest BCUT2D eigenvalue weighted by Gasteiger charge is 2.06. The van der Waals surface area contributed by atoms with Crippen molar-refractivity contribution in [1.82, 2.24) is 9.78 Å². The average Bonchev–Trinajstić information content (AvgIpc) is 2.81. The van der Waals surface area contributed by atoms with Gasteiger partial charge in [0.15, 0.2) is 5.78 Å². The Morgan fingerprint density at radius 3 is 2.74 bits per heavy atom. The Morgan fingerprint density at radius 1 is 1.37 bits per heavy atom. The molecule has 2 rings (SSSR count). The predicted octanol–water partition coefficient (Wildman–Crippen LogP) is 3.31. The molecule has 1 heterocycles. The molecule has 19 heavy (non-hydrogen) atoms. The fourth-order valence-electron chi connectivity index (χ4n) is 1.68. The summed E-state index contributed by atoms with van der Waals surface area (Å²) in [6.07, 6.45) is 5.05. The molecule has 0 bridgehead atoms. The van der Waals surface area contributed by atoms with Gasteiger partial charge in [-0.05, 0) is 36.4 Å². The molecule has 0 radical (unpaired) electrons. The van der Waals surface area contributed by atoms with Gasteiger partial charge in [0.05, 0.1) is 6.20 Å². The van der Waals surface area contributed by atoms with E-state index in [9.17, 15) is 9.18 Å². The van der Waals surface area contributed by atoms with Gasteiger partial charge in [-0.2, -0.15) is 5.10 Å². The number of aryl methyl sites for hydroxylation is 1. The van der Waals surface area contributed by atoms with E-state index in [-0.39, 0.29) is 11.6 Å². The highest BCUT2D eigenvalue weighted by Crippen LogP contribution is 2.18. The Hall–Kier alpha value is -1.62. The zero-order valence-corrected chi connectivity index (χ0v) is 11.5. The predicted molar refractivity (Wildman–Crippen MR) is 73.9 cm³/mol. The highest BCUT2D eigenvalue weighted by atomic mass is 32.2. The summed E-state index contributed by atoms with van der Waals surface area (Å²) in [6, 6.07) is 5.70. The molecule has 0 amide bonds. The van der Waals surface area contributed by atoms with Crippen molar-refractivity contribution in [3.05, 3.63) is 48.0 Å². The fourth-order valence-corrected chi connectivity index (χ4v) is 2.55.